The number of rotatable bonds is 3. The van der Waals surface area contributed by atoms with Crippen molar-refractivity contribution in [3.63, 3.8) is 0 Å². The van der Waals surface area contributed by atoms with Crippen LogP contribution in [0.25, 0.3) is 0 Å². The molecule has 0 saturated carbocycles. The second-order valence-electron chi connectivity index (χ2n) is 4.04. The van der Waals surface area contributed by atoms with Crippen LogP contribution in [-0.4, -0.2) is 31.3 Å². The highest BCUT2D eigenvalue weighted by molar-refractivity contribution is 5.91. The second kappa shape index (κ2) is 4.53. The number of ether oxygens (including phenoxy) is 1. The fraction of sp³-hybridized carbons (Fsp3) is 0.417. The molecule has 0 aromatic heterocycles. The monoisotopic (exact) mass is 221 g/mol. The summed E-state index contributed by atoms with van der Waals surface area (Å²) in [5.74, 6) is 0.0350. The molecule has 0 spiro atoms. The van der Waals surface area contributed by atoms with Crippen LogP contribution in [0.4, 0.5) is 0 Å². The Hall–Kier alpha value is -1.55. The lowest BCUT2D eigenvalue weighted by molar-refractivity contribution is 0.0689. The Morgan fingerprint density at radius 2 is 2.44 bits per heavy atom. The van der Waals surface area contributed by atoms with E-state index in [9.17, 15) is 4.79 Å². The maximum absolute atomic E-state index is 11.0. The number of nitrogens with one attached hydrogen (secondary N) is 1. The van der Waals surface area contributed by atoms with Gasteiger partial charge in [0.15, 0.2) is 0 Å². The molecule has 0 bridgehead atoms. The lowest BCUT2D eigenvalue weighted by Crippen LogP contribution is -2.30. The van der Waals surface area contributed by atoms with Crippen LogP contribution in [0.5, 0.6) is 5.75 Å². The maximum Gasteiger partial charge on any atom is 0.339 e. The molecule has 1 atom stereocenters. The van der Waals surface area contributed by atoms with E-state index in [4.69, 9.17) is 9.84 Å². The summed E-state index contributed by atoms with van der Waals surface area (Å²) in [6.07, 6.45) is 0.872. The lowest BCUT2D eigenvalue weighted by atomic mass is 9.95. The summed E-state index contributed by atoms with van der Waals surface area (Å²) in [7, 11) is 1.91. The molecular formula is C12H15NO3. The summed E-state index contributed by atoms with van der Waals surface area (Å²) in [6, 6.07) is 5.29. The van der Waals surface area contributed by atoms with Gasteiger partial charge in [-0.25, -0.2) is 4.79 Å². The molecule has 1 aliphatic heterocycles. The van der Waals surface area contributed by atoms with Crippen LogP contribution in [0.3, 0.4) is 0 Å². The summed E-state index contributed by atoms with van der Waals surface area (Å²) >= 11 is 0. The van der Waals surface area contributed by atoms with Crippen molar-refractivity contribution in [3.05, 3.63) is 29.3 Å². The smallest absolute Gasteiger partial charge is 0.339 e. The number of carboxylic acid groups (broad SMARTS) is 1. The molecular weight excluding hydrogens is 206 g/mol. The molecule has 4 heteroatoms. The molecule has 0 radical (unpaired) electrons. The van der Waals surface area contributed by atoms with Crippen molar-refractivity contribution in [1.82, 2.24) is 5.32 Å². The van der Waals surface area contributed by atoms with Gasteiger partial charge in [-0.2, -0.15) is 0 Å². The topological polar surface area (TPSA) is 58.6 Å². The lowest BCUT2D eigenvalue weighted by Gasteiger charge is -2.26. The van der Waals surface area contributed by atoms with Gasteiger partial charge in [0, 0.05) is 12.5 Å². The van der Waals surface area contributed by atoms with E-state index in [1.165, 1.54) is 0 Å². The number of para-hydroxylation sites is 1. The zero-order chi connectivity index (χ0) is 11.5. The van der Waals surface area contributed by atoms with Gasteiger partial charge < -0.3 is 15.2 Å². The van der Waals surface area contributed by atoms with E-state index in [0.717, 1.165) is 18.5 Å². The number of hydrogen-bond donors (Lipinski definition) is 2. The van der Waals surface area contributed by atoms with Gasteiger partial charge in [0.2, 0.25) is 0 Å². The maximum atomic E-state index is 11.0. The minimum absolute atomic E-state index is 0.264. The number of aromatic carboxylic acids is 1. The Morgan fingerprint density at radius 3 is 3.12 bits per heavy atom. The quantitative estimate of drug-likeness (QED) is 0.804. The van der Waals surface area contributed by atoms with E-state index < -0.39 is 5.97 Å². The van der Waals surface area contributed by atoms with Crippen LogP contribution in [0.2, 0.25) is 0 Å². The molecule has 1 aromatic carbocycles. The fourth-order valence-corrected chi connectivity index (χ4v) is 2.08. The Balaban J connectivity index is 2.27. The first-order valence-corrected chi connectivity index (χ1v) is 5.35. The van der Waals surface area contributed by atoms with Crippen LogP contribution in [0.1, 0.15) is 15.9 Å². The van der Waals surface area contributed by atoms with E-state index in [2.05, 4.69) is 5.32 Å². The standard InChI is InChI=1S/C12H15NO3/c1-13-6-8-5-9-3-2-4-10(12(14)15)11(9)16-7-8/h2-4,8,13H,5-7H2,1H3,(H,14,15). The van der Waals surface area contributed by atoms with Crippen molar-refractivity contribution < 1.29 is 14.6 Å². The van der Waals surface area contributed by atoms with Gasteiger partial charge in [0.1, 0.15) is 11.3 Å². The third-order valence-corrected chi connectivity index (χ3v) is 2.79. The minimum Gasteiger partial charge on any atom is -0.492 e. The summed E-state index contributed by atoms with van der Waals surface area (Å²) in [6.45, 7) is 1.47. The number of fused-ring (bicyclic) bond motifs is 1. The van der Waals surface area contributed by atoms with Crippen molar-refractivity contribution in [3.8, 4) is 5.75 Å². The van der Waals surface area contributed by atoms with Gasteiger partial charge >= 0.3 is 5.97 Å². The van der Waals surface area contributed by atoms with Crippen molar-refractivity contribution in [1.29, 1.82) is 0 Å². The van der Waals surface area contributed by atoms with Crippen LogP contribution in [-0.2, 0) is 6.42 Å². The second-order valence-corrected chi connectivity index (χ2v) is 4.04. The number of carbonyl (C=O) groups is 1. The molecule has 0 amide bonds. The third-order valence-electron chi connectivity index (χ3n) is 2.79. The van der Waals surface area contributed by atoms with E-state index in [0.29, 0.717) is 18.3 Å². The summed E-state index contributed by atoms with van der Waals surface area (Å²) in [5.41, 5.74) is 1.26. The Morgan fingerprint density at radius 1 is 1.62 bits per heavy atom. The molecule has 16 heavy (non-hydrogen) atoms. The highest BCUT2D eigenvalue weighted by Crippen LogP contribution is 2.30. The summed E-state index contributed by atoms with van der Waals surface area (Å²) < 4.78 is 5.56. The van der Waals surface area contributed by atoms with Crippen LogP contribution >= 0.6 is 0 Å². The van der Waals surface area contributed by atoms with Crippen molar-refractivity contribution in [2.45, 2.75) is 6.42 Å². The molecule has 1 heterocycles. The minimum atomic E-state index is -0.927. The van der Waals surface area contributed by atoms with Crippen molar-refractivity contribution in [2.75, 3.05) is 20.2 Å². The normalized spacial score (nSPS) is 18.7. The number of hydrogen-bond acceptors (Lipinski definition) is 3. The Bertz CT molecular complexity index is 403. The Labute approximate surface area is 94.2 Å². The third kappa shape index (κ3) is 2.02. The van der Waals surface area contributed by atoms with E-state index >= 15 is 0 Å². The first-order chi connectivity index (χ1) is 7.72. The van der Waals surface area contributed by atoms with Crippen molar-refractivity contribution in [2.24, 2.45) is 5.92 Å². The van der Waals surface area contributed by atoms with E-state index in [-0.39, 0.29) is 5.56 Å². The molecule has 1 aromatic rings. The van der Waals surface area contributed by atoms with Gasteiger partial charge in [-0.05, 0) is 25.1 Å². The fourth-order valence-electron chi connectivity index (χ4n) is 2.08. The molecule has 86 valence electrons. The Kier molecular flexibility index (Phi) is 3.10. The molecule has 0 saturated heterocycles. The first kappa shape index (κ1) is 11.0. The number of carboxylic acids is 1. The molecule has 1 unspecified atom stereocenters. The van der Waals surface area contributed by atoms with Gasteiger partial charge in [0.05, 0.1) is 6.61 Å². The molecule has 2 rings (SSSR count). The first-order valence-electron chi connectivity index (χ1n) is 5.35. The zero-order valence-electron chi connectivity index (χ0n) is 9.19. The largest absolute Gasteiger partial charge is 0.492 e. The molecule has 4 nitrogen and oxygen atoms in total. The SMILES string of the molecule is CNCC1COc2c(cccc2C(=O)O)C1. The molecule has 0 aliphatic carbocycles. The summed E-state index contributed by atoms with van der Waals surface area (Å²) in [5, 5.41) is 12.1. The van der Waals surface area contributed by atoms with Gasteiger partial charge in [-0.15, -0.1) is 0 Å². The summed E-state index contributed by atoms with van der Waals surface area (Å²) in [4.78, 5) is 11.0. The predicted octanol–water partition coefficient (Wildman–Crippen LogP) is 1.16. The zero-order valence-corrected chi connectivity index (χ0v) is 9.19. The highest BCUT2D eigenvalue weighted by Gasteiger charge is 2.23. The van der Waals surface area contributed by atoms with Crippen LogP contribution < -0.4 is 10.1 Å². The van der Waals surface area contributed by atoms with E-state index in [1.54, 1.807) is 12.1 Å². The van der Waals surface area contributed by atoms with Gasteiger partial charge in [0.25, 0.3) is 0 Å². The average Bonchev–Trinajstić information content (AvgIpc) is 2.28. The molecule has 1 aliphatic rings. The average molecular weight is 221 g/mol. The molecule has 2 N–H and O–H groups in total. The van der Waals surface area contributed by atoms with Crippen LogP contribution in [0.15, 0.2) is 18.2 Å². The highest BCUT2D eigenvalue weighted by atomic mass is 16.5. The van der Waals surface area contributed by atoms with Crippen LogP contribution in [0, 0.1) is 5.92 Å². The number of benzene rings is 1. The van der Waals surface area contributed by atoms with E-state index in [1.807, 2.05) is 13.1 Å². The van der Waals surface area contributed by atoms with Gasteiger partial charge in [-0.1, -0.05) is 12.1 Å². The van der Waals surface area contributed by atoms with Gasteiger partial charge in [-0.3, -0.25) is 0 Å². The van der Waals surface area contributed by atoms with Crippen molar-refractivity contribution >= 4 is 5.97 Å². The molecule has 0 fully saturated rings. The predicted molar refractivity (Wildman–Crippen MR) is 60.0 cm³/mol.